The van der Waals surface area contributed by atoms with Crippen molar-refractivity contribution in [1.82, 2.24) is 20.4 Å². The molecule has 1 atom stereocenters. The molecule has 7 heteroatoms. The molecule has 1 aliphatic heterocycles. The Balaban J connectivity index is 1.07. The number of nitrogens with one attached hydrogen (secondary N) is 1. The standard InChI is InChI=1S/C27H30N4O2S/c1-19(16-22-8-4-7-20-6-2-3-9-23(20)22)17-28-27(32)21-11-13-31(14-12-21)18-25-29-26(30-33-25)24-10-5-15-34-24/h2-10,15,19,21H,11-14,16-18H2,1H3,(H,28,32). The van der Waals surface area contributed by atoms with Gasteiger partial charge in [-0.15, -0.1) is 11.3 Å². The molecule has 0 radical (unpaired) electrons. The van der Waals surface area contributed by atoms with Crippen LogP contribution in [0.1, 0.15) is 31.2 Å². The van der Waals surface area contributed by atoms with E-state index < -0.39 is 0 Å². The zero-order valence-electron chi connectivity index (χ0n) is 19.4. The third-order valence-electron chi connectivity index (χ3n) is 6.60. The van der Waals surface area contributed by atoms with E-state index in [0.29, 0.717) is 30.7 Å². The van der Waals surface area contributed by atoms with Gasteiger partial charge in [0.05, 0.1) is 11.4 Å². The van der Waals surface area contributed by atoms with Gasteiger partial charge in [0.25, 0.3) is 0 Å². The number of hydrogen-bond donors (Lipinski definition) is 1. The third-order valence-corrected chi connectivity index (χ3v) is 7.47. The molecule has 2 aromatic heterocycles. The van der Waals surface area contributed by atoms with E-state index in [-0.39, 0.29) is 11.8 Å². The number of likely N-dealkylation sites (tertiary alicyclic amines) is 1. The number of amides is 1. The highest BCUT2D eigenvalue weighted by atomic mass is 32.1. The Hall–Kier alpha value is -3.03. The molecule has 4 aromatic rings. The molecule has 0 spiro atoms. The number of rotatable bonds is 8. The van der Waals surface area contributed by atoms with Gasteiger partial charge in [-0.2, -0.15) is 4.98 Å². The molecule has 0 saturated carbocycles. The van der Waals surface area contributed by atoms with Crippen LogP contribution in [0.2, 0.25) is 0 Å². The average Bonchev–Trinajstić information content (AvgIpc) is 3.56. The summed E-state index contributed by atoms with van der Waals surface area (Å²) in [6, 6.07) is 18.9. The largest absolute Gasteiger partial charge is 0.356 e. The summed E-state index contributed by atoms with van der Waals surface area (Å²) in [7, 11) is 0. The lowest BCUT2D eigenvalue weighted by Gasteiger charge is -2.30. The number of aromatic nitrogens is 2. The number of fused-ring (bicyclic) bond motifs is 1. The van der Waals surface area contributed by atoms with Gasteiger partial charge in [0.1, 0.15) is 0 Å². The van der Waals surface area contributed by atoms with Crippen molar-refractivity contribution in [2.24, 2.45) is 11.8 Å². The molecule has 34 heavy (non-hydrogen) atoms. The lowest BCUT2D eigenvalue weighted by molar-refractivity contribution is -0.126. The van der Waals surface area contributed by atoms with Gasteiger partial charge in [-0.1, -0.05) is 60.6 Å². The van der Waals surface area contributed by atoms with E-state index in [4.69, 9.17) is 4.52 Å². The Morgan fingerprint density at radius 2 is 1.97 bits per heavy atom. The Labute approximate surface area is 204 Å². The minimum absolute atomic E-state index is 0.0744. The first-order valence-electron chi connectivity index (χ1n) is 12.0. The molecular formula is C27H30N4O2S. The van der Waals surface area contributed by atoms with E-state index in [1.807, 2.05) is 17.5 Å². The molecular weight excluding hydrogens is 444 g/mol. The number of carbonyl (C=O) groups excluding carboxylic acids is 1. The van der Waals surface area contributed by atoms with Crippen molar-refractivity contribution >= 4 is 28.0 Å². The zero-order chi connectivity index (χ0) is 23.3. The molecule has 1 unspecified atom stereocenters. The first-order valence-corrected chi connectivity index (χ1v) is 12.9. The lowest BCUT2D eigenvalue weighted by Crippen LogP contribution is -2.41. The molecule has 3 heterocycles. The first kappa shape index (κ1) is 22.7. The van der Waals surface area contributed by atoms with E-state index in [1.165, 1.54) is 16.3 Å². The maximum Gasteiger partial charge on any atom is 0.241 e. The van der Waals surface area contributed by atoms with Crippen LogP contribution >= 0.6 is 11.3 Å². The second kappa shape index (κ2) is 10.5. The molecule has 1 fully saturated rings. The van der Waals surface area contributed by atoms with Gasteiger partial charge in [-0.05, 0) is 66.1 Å². The fraction of sp³-hybridized carbons (Fsp3) is 0.370. The maximum absolute atomic E-state index is 12.8. The van der Waals surface area contributed by atoms with Crippen LogP contribution in [0.5, 0.6) is 0 Å². The average molecular weight is 475 g/mol. The Morgan fingerprint density at radius 3 is 2.79 bits per heavy atom. The van der Waals surface area contributed by atoms with E-state index in [9.17, 15) is 4.79 Å². The predicted octanol–water partition coefficient (Wildman–Crippen LogP) is 5.16. The van der Waals surface area contributed by atoms with Crippen LogP contribution in [0.4, 0.5) is 0 Å². The molecule has 2 aromatic carbocycles. The van der Waals surface area contributed by atoms with Gasteiger partial charge in [0.15, 0.2) is 0 Å². The monoisotopic (exact) mass is 474 g/mol. The van der Waals surface area contributed by atoms with Crippen molar-refractivity contribution < 1.29 is 9.32 Å². The highest BCUT2D eigenvalue weighted by molar-refractivity contribution is 7.13. The van der Waals surface area contributed by atoms with Gasteiger partial charge >= 0.3 is 0 Å². The summed E-state index contributed by atoms with van der Waals surface area (Å²) in [5.74, 6) is 1.92. The van der Waals surface area contributed by atoms with Crippen molar-refractivity contribution in [3.8, 4) is 10.7 Å². The molecule has 0 bridgehead atoms. The molecule has 5 rings (SSSR count). The summed E-state index contributed by atoms with van der Waals surface area (Å²) in [6.45, 7) is 5.27. The third kappa shape index (κ3) is 5.37. The van der Waals surface area contributed by atoms with E-state index in [0.717, 1.165) is 37.2 Å². The fourth-order valence-electron chi connectivity index (χ4n) is 4.71. The molecule has 1 amide bonds. The number of piperidine rings is 1. The summed E-state index contributed by atoms with van der Waals surface area (Å²) in [5, 5.41) is 11.9. The number of hydrogen-bond acceptors (Lipinski definition) is 6. The summed E-state index contributed by atoms with van der Waals surface area (Å²) in [5.41, 5.74) is 1.34. The van der Waals surface area contributed by atoms with E-state index in [2.05, 4.69) is 69.7 Å². The summed E-state index contributed by atoms with van der Waals surface area (Å²) in [6.07, 6.45) is 2.67. The van der Waals surface area contributed by atoms with E-state index >= 15 is 0 Å². The second-order valence-electron chi connectivity index (χ2n) is 9.23. The smallest absolute Gasteiger partial charge is 0.241 e. The van der Waals surface area contributed by atoms with Crippen LogP contribution in [-0.4, -0.2) is 40.6 Å². The topological polar surface area (TPSA) is 71.3 Å². The fourth-order valence-corrected chi connectivity index (χ4v) is 5.36. The number of nitrogens with zero attached hydrogens (tertiary/aromatic N) is 3. The predicted molar refractivity (Wildman–Crippen MR) is 135 cm³/mol. The second-order valence-corrected chi connectivity index (χ2v) is 10.2. The first-order chi connectivity index (χ1) is 16.7. The van der Waals surface area contributed by atoms with Gasteiger partial charge in [-0.3, -0.25) is 9.69 Å². The van der Waals surface area contributed by atoms with Crippen LogP contribution in [0, 0.1) is 11.8 Å². The SMILES string of the molecule is CC(CNC(=O)C1CCN(Cc2nc(-c3cccs3)no2)CC1)Cc1cccc2ccccc12. The van der Waals surface area contributed by atoms with Crippen LogP contribution in [0.25, 0.3) is 21.5 Å². The molecule has 1 aliphatic rings. The van der Waals surface area contributed by atoms with Crippen LogP contribution in [-0.2, 0) is 17.8 Å². The Bertz CT molecular complexity index is 1220. The van der Waals surface area contributed by atoms with Gasteiger partial charge in [0, 0.05) is 12.5 Å². The lowest BCUT2D eigenvalue weighted by atomic mass is 9.94. The highest BCUT2D eigenvalue weighted by Crippen LogP contribution is 2.24. The summed E-state index contributed by atoms with van der Waals surface area (Å²) >= 11 is 1.60. The van der Waals surface area contributed by atoms with Gasteiger partial charge < -0.3 is 9.84 Å². The van der Waals surface area contributed by atoms with E-state index in [1.54, 1.807) is 11.3 Å². The molecule has 176 valence electrons. The quantitative estimate of drug-likeness (QED) is 0.382. The van der Waals surface area contributed by atoms with Gasteiger partial charge in [-0.25, -0.2) is 0 Å². The minimum Gasteiger partial charge on any atom is -0.356 e. The Morgan fingerprint density at radius 1 is 1.15 bits per heavy atom. The normalized spacial score (nSPS) is 16.0. The van der Waals surface area contributed by atoms with Crippen molar-refractivity contribution in [3.05, 3.63) is 71.4 Å². The van der Waals surface area contributed by atoms with Crippen molar-refractivity contribution in [3.63, 3.8) is 0 Å². The van der Waals surface area contributed by atoms with Gasteiger partial charge in [0.2, 0.25) is 17.6 Å². The Kier molecular flexibility index (Phi) is 7.02. The summed E-state index contributed by atoms with van der Waals surface area (Å²) in [4.78, 5) is 20.6. The summed E-state index contributed by atoms with van der Waals surface area (Å²) < 4.78 is 5.43. The molecule has 1 saturated heterocycles. The van der Waals surface area contributed by atoms with Crippen molar-refractivity contribution in [1.29, 1.82) is 0 Å². The zero-order valence-corrected chi connectivity index (χ0v) is 20.3. The van der Waals surface area contributed by atoms with Crippen molar-refractivity contribution in [2.75, 3.05) is 19.6 Å². The number of benzene rings is 2. The molecule has 1 N–H and O–H groups in total. The van der Waals surface area contributed by atoms with Crippen LogP contribution in [0.3, 0.4) is 0 Å². The highest BCUT2D eigenvalue weighted by Gasteiger charge is 2.26. The van der Waals surface area contributed by atoms with Crippen LogP contribution in [0.15, 0.2) is 64.5 Å². The van der Waals surface area contributed by atoms with Crippen molar-refractivity contribution in [2.45, 2.75) is 32.7 Å². The molecule has 0 aliphatic carbocycles. The maximum atomic E-state index is 12.8. The number of carbonyl (C=O) groups is 1. The molecule has 6 nitrogen and oxygen atoms in total. The van der Waals surface area contributed by atoms with Crippen LogP contribution < -0.4 is 5.32 Å². The number of thiophene rings is 1. The minimum atomic E-state index is 0.0744.